The van der Waals surface area contributed by atoms with Crippen molar-refractivity contribution in [1.82, 2.24) is 14.9 Å². The third kappa shape index (κ3) is 5.00. The molecule has 0 aliphatic heterocycles. The first-order chi connectivity index (χ1) is 15.7. The van der Waals surface area contributed by atoms with Crippen molar-refractivity contribution < 1.29 is 9.53 Å². The third-order valence-electron chi connectivity index (χ3n) is 4.82. The molecule has 0 spiro atoms. The molecule has 162 valence electrons. The molecular formula is C25H23N3O3S. The Labute approximate surface area is 190 Å². The number of ether oxygens (including phenoxy) is 1. The van der Waals surface area contributed by atoms with E-state index in [2.05, 4.69) is 10.3 Å². The molecule has 1 heterocycles. The molecule has 1 aromatic heterocycles. The number of hydrogen-bond acceptors (Lipinski definition) is 5. The van der Waals surface area contributed by atoms with E-state index in [4.69, 9.17) is 4.74 Å². The fourth-order valence-corrected chi connectivity index (χ4v) is 4.12. The SMILES string of the molecule is CCOc1ccc(-n2c(SCC(=O)NCc3ccccc3)nc3ccccc3c2=O)cc1. The minimum absolute atomic E-state index is 0.125. The van der Waals surface area contributed by atoms with Gasteiger partial charge in [0.25, 0.3) is 5.56 Å². The zero-order valence-electron chi connectivity index (χ0n) is 17.7. The third-order valence-corrected chi connectivity index (χ3v) is 5.75. The van der Waals surface area contributed by atoms with Crippen molar-refractivity contribution in [1.29, 1.82) is 0 Å². The molecule has 1 amide bonds. The van der Waals surface area contributed by atoms with Gasteiger partial charge in [0.05, 0.1) is 29.0 Å². The van der Waals surface area contributed by atoms with E-state index in [1.165, 1.54) is 11.8 Å². The zero-order chi connectivity index (χ0) is 22.3. The van der Waals surface area contributed by atoms with Crippen LogP contribution < -0.4 is 15.6 Å². The summed E-state index contributed by atoms with van der Waals surface area (Å²) in [5.41, 5.74) is 2.13. The molecule has 0 aliphatic rings. The fourth-order valence-electron chi connectivity index (χ4n) is 3.27. The molecule has 0 saturated heterocycles. The van der Waals surface area contributed by atoms with Gasteiger partial charge in [-0.2, -0.15) is 0 Å². The molecule has 4 aromatic rings. The highest BCUT2D eigenvalue weighted by atomic mass is 32.2. The van der Waals surface area contributed by atoms with Crippen LogP contribution in [0.3, 0.4) is 0 Å². The van der Waals surface area contributed by atoms with Gasteiger partial charge in [0.2, 0.25) is 5.91 Å². The zero-order valence-corrected chi connectivity index (χ0v) is 18.5. The van der Waals surface area contributed by atoms with Crippen molar-refractivity contribution in [2.24, 2.45) is 0 Å². The lowest BCUT2D eigenvalue weighted by Gasteiger charge is -2.14. The molecule has 0 radical (unpaired) electrons. The first-order valence-corrected chi connectivity index (χ1v) is 11.3. The summed E-state index contributed by atoms with van der Waals surface area (Å²) in [6.07, 6.45) is 0. The van der Waals surface area contributed by atoms with Gasteiger partial charge in [0, 0.05) is 6.54 Å². The molecule has 32 heavy (non-hydrogen) atoms. The quantitative estimate of drug-likeness (QED) is 0.325. The van der Waals surface area contributed by atoms with Crippen molar-refractivity contribution in [2.75, 3.05) is 12.4 Å². The van der Waals surface area contributed by atoms with Gasteiger partial charge in [-0.05, 0) is 48.9 Å². The maximum Gasteiger partial charge on any atom is 0.266 e. The second kappa shape index (κ2) is 10.2. The highest BCUT2D eigenvalue weighted by Crippen LogP contribution is 2.23. The maximum atomic E-state index is 13.3. The molecule has 0 saturated carbocycles. The van der Waals surface area contributed by atoms with Crippen molar-refractivity contribution in [3.8, 4) is 11.4 Å². The van der Waals surface area contributed by atoms with E-state index < -0.39 is 0 Å². The van der Waals surface area contributed by atoms with Crippen LogP contribution in [0.2, 0.25) is 0 Å². The average molecular weight is 446 g/mol. The number of amides is 1. The van der Waals surface area contributed by atoms with Gasteiger partial charge < -0.3 is 10.1 Å². The summed E-state index contributed by atoms with van der Waals surface area (Å²) < 4.78 is 7.06. The molecule has 0 atom stereocenters. The van der Waals surface area contributed by atoms with Gasteiger partial charge in [-0.1, -0.05) is 54.2 Å². The Bertz CT molecular complexity index is 1270. The smallest absolute Gasteiger partial charge is 0.266 e. The van der Waals surface area contributed by atoms with Gasteiger partial charge in [0.1, 0.15) is 5.75 Å². The fraction of sp³-hybridized carbons (Fsp3) is 0.160. The van der Waals surface area contributed by atoms with E-state index in [-0.39, 0.29) is 17.2 Å². The minimum atomic E-state index is -0.174. The lowest BCUT2D eigenvalue weighted by atomic mass is 10.2. The van der Waals surface area contributed by atoms with Gasteiger partial charge in [-0.15, -0.1) is 0 Å². The molecule has 3 aromatic carbocycles. The number of nitrogens with one attached hydrogen (secondary N) is 1. The Kier molecular flexibility index (Phi) is 6.87. The molecular weight excluding hydrogens is 422 g/mol. The Morgan fingerprint density at radius 2 is 1.72 bits per heavy atom. The van der Waals surface area contributed by atoms with Crippen LogP contribution in [0.1, 0.15) is 12.5 Å². The summed E-state index contributed by atoms with van der Waals surface area (Å²) in [5.74, 6) is 0.751. The monoisotopic (exact) mass is 445 g/mol. The summed E-state index contributed by atoms with van der Waals surface area (Å²) in [4.78, 5) is 30.4. The molecule has 1 N–H and O–H groups in total. The van der Waals surface area contributed by atoms with Crippen molar-refractivity contribution in [3.05, 3.63) is 94.8 Å². The number of rotatable bonds is 8. The maximum absolute atomic E-state index is 13.3. The van der Waals surface area contributed by atoms with Crippen LogP contribution in [0.15, 0.2) is 88.8 Å². The molecule has 0 aliphatic carbocycles. The summed E-state index contributed by atoms with van der Waals surface area (Å²) in [5, 5.41) is 3.90. The summed E-state index contributed by atoms with van der Waals surface area (Å²) >= 11 is 1.24. The number of aromatic nitrogens is 2. The Hall–Kier alpha value is -3.58. The standard InChI is InChI=1S/C25H23N3O3S/c1-2-31-20-14-12-19(13-15-20)28-24(30)21-10-6-7-11-22(21)27-25(28)32-17-23(29)26-16-18-8-4-3-5-9-18/h3-15H,2,16-17H2,1H3,(H,26,29). The lowest BCUT2D eigenvalue weighted by molar-refractivity contribution is -0.118. The van der Waals surface area contributed by atoms with Gasteiger partial charge in [-0.3, -0.25) is 14.2 Å². The second-order valence-electron chi connectivity index (χ2n) is 7.03. The molecule has 4 rings (SSSR count). The first kappa shape index (κ1) is 21.6. The van der Waals surface area contributed by atoms with E-state index in [0.717, 1.165) is 11.3 Å². The number of nitrogens with zero attached hydrogens (tertiary/aromatic N) is 2. The molecule has 0 bridgehead atoms. The van der Waals surface area contributed by atoms with Crippen LogP contribution in [0.25, 0.3) is 16.6 Å². The number of para-hydroxylation sites is 1. The van der Waals surface area contributed by atoms with Crippen LogP contribution in [0.4, 0.5) is 0 Å². The van der Waals surface area contributed by atoms with E-state index in [0.29, 0.717) is 34.9 Å². The Morgan fingerprint density at radius 3 is 2.47 bits per heavy atom. The Morgan fingerprint density at radius 1 is 1.00 bits per heavy atom. The predicted octanol–water partition coefficient (Wildman–Crippen LogP) is 4.19. The number of fused-ring (bicyclic) bond motifs is 1. The normalized spacial score (nSPS) is 10.8. The highest BCUT2D eigenvalue weighted by molar-refractivity contribution is 7.99. The summed E-state index contributed by atoms with van der Waals surface area (Å²) in [6.45, 7) is 2.94. The van der Waals surface area contributed by atoms with Crippen molar-refractivity contribution in [2.45, 2.75) is 18.6 Å². The number of carbonyl (C=O) groups is 1. The van der Waals surface area contributed by atoms with Gasteiger partial charge >= 0.3 is 0 Å². The van der Waals surface area contributed by atoms with Crippen LogP contribution >= 0.6 is 11.8 Å². The topological polar surface area (TPSA) is 73.2 Å². The lowest BCUT2D eigenvalue weighted by Crippen LogP contribution is -2.26. The number of carbonyl (C=O) groups excluding carboxylic acids is 1. The Balaban J connectivity index is 1.60. The van der Waals surface area contributed by atoms with E-state index in [1.807, 2.05) is 73.7 Å². The number of benzene rings is 3. The van der Waals surface area contributed by atoms with E-state index in [9.17, 15) is 9.59 Å². The van der Waals surface area contributed by atoms with E-state index in [1.54, 1.807) is 16.7 Å². The van der Waals surface area contributed by atoms with E-state index >= 15 is 0 Å². The number of hydrogen-bond donors (Lipinski definition) is 1. The van der Waals surface area contributed by atoms with Gasteiger partial charge in [-0.25, -0.2) is 4.98 Å². The van der Waals surface area contributed by atoms with Crippen LogP contribution in [0.5, 0.6) is 5.75 Å². The molecule has 7 heteroatoms. The highest BCUT2D eigenvalue weighted by Gasteiger charge is 2.15. The predicted molar refractivity (Wildman–Crippen MR) is 128 cm³/mol. The van der Waals surface area contributed by atoms with Crippen LogP contribution in [-0.2, 0) is 11.3 Å². The summed E-state index contributed by atoms with van der Waals surface area (Å²) in [7, 11) is 0. The average Bonchev–Trinajstić information content (AvgIpc) is 2.83. The van der Waals surface area contributed by atoms with Crippen LogP contribution in [0, 0.1) is 0 Å². The number of thioether (sulfide) groups is 1. The van der Waals surface area contributed by atoms with Gasteiger partial charge in [0.15, 0.2) is 5.16 Å². The second-order valence-corrected chi connectivity index (χ2v) is 7.97. The molecule has 0 fully saturated rings. The minimum Gasteiger partial charge on any atom is -0.494 e. The van der Waals surface area contributed by atoms with Crippen LogP contribution in [-0.4, -0.2) is 27.8 Å². The van der Waals surface area contributed by atoms with Crippen molar-refractivity contribution >= 4 is 28.6 Å². The molecule has 6 nitrogen and oxygen atoms in total. The molecule has 0 unspecified atom stereocenters. The van der Waals surface area contributed by atoms with Crippen molar-refractivity contribution in [3.63, 3.8) is 0 Å². The first-order valence-electron chi connectivity index (χ1n) is 10.3. The largest absolute Gasteiger partial charge is 0.494 e. The summed E-state index contributed by atoms with van der Waals surface area (Å²) in [6, 6.07) is 24.2.